The molecule has 82 valence electrons. The molecule has 16 heavy (non-hydrogen) atoms. The van der Waals surface area contributed by atoms with Gasteiger partial charge in [0.1, 0.15) is 5.52 Å². The van der Waals surface area contributed by atoms with Gasteiger partial charge in [-0.2, -0.15) is 0 Å². The van der Waals surface area contributed by atoms with E-state index in [4.69, 9.17) is 27.9 Å². The summed E-state index contributed by atoms with van der Waals surface area (Å²) in [5.41, 5.74) is 0.642. The summed E-state index contributed by atoms with van der Waals surface area (Å²) >= 11 is 12.1. The molecule has 0 atom stereocenters. The number of halogens is 2. The van der Waals surface area contributed by atoms with E-state index in [1.54, 1.807) is 19.2 Å². The number of hydrogen-bond acceptors (Lipinski definition) is 2. The molecule has 1 aromatic carbocycles. The first-order chi connectivity index (χ1) is 7.59. The summed E-state index contributed by atoms with van der Waals surface area (Å²) < 4.78 is 5.47. The third-order valence-electron chi connectivity index (χ3n) is 2.03. The van der Waals surface area contributed by atoms with Gasteiger partial charge in [-0.3, -0.25) is 4.98 Å². The monoisotopic (exact) mass is 253 g/mol. The van der Waals surface area contributed by atoms with Crippen molar-refractivity contribution in [3.05, 3.63) is 46.8 Å². The second kappa shape index (κ2) is 4.32. The van der Waals surface area contributed by atoms with Crippen molar-refractivity contribution in [3.8, 4) is 5.75 Å². The normalized spacial score (nSPS) is 10.4. The largest absolute Gasteiger partial charge is 0.459 e. The van der Waals surface area contributed by atoms with Crippen LogP contribution in [0.2, 0.25) is 10.0 Å². The first-order valence-corrected chi connectivity index (χ1v) is 5.41. The van der Waals surface area contributed by atoms with E-state index in [1.807, 2.05) is 12.1 Å². The molecule has 0 amide bonds. The summed E-state index contributed by atoms with van der Waals surface area (Å²) in [5, 5.41) is 1.80. The minimum absolute atomic E-state index is 0.430. The molecule has 0 unspecified atom stereocenters. The lowest BCUT2D eigenvalue weighted by molar-refractivity contribution is 0.435. The highest BCUT2D eigenvalue weighted by Crippen LogP contribution is 2.37. The molecule has 4 heteroatoms. The van der Waals surface area contributed by atoms with Gasteiger partial charge < -0.3 is 4.74 Å². The smallest absolute Gasteiger partial charge is 0.171 e. The Morgan fingerprint density at radius 2 is 2.12 bits per heavy atom. The van der Waals surface area contributed by atoms with Gasteiger partial charge in [-0.05, 0) is 25.1 Å². The van der Waals surface area contributed by atoms with Crippen LogP contribution in [-0.4, -0.2) is 4.98 Å². The number of ether oxygens (including phenoxy) is 1. The standard InChI is InChI=1S/C12H9Cl2NO/c1-7(2)16-12-10(14)6-9(13)8-4-3-5-15-11(8)12/h3-6H,1H2,2H3. The fourth-order valence-corrected chi connectivity index (χ4v) is 1.97. The van der Waals surface area contributed by atoms with E-state index in [1.165, 1.54) is 0 Å². The molecule has 2 aromatic rings. The molecule has 0 aliphatic heterocycles. The zero-order valence-corrected chi connectivity index (χ0v) is 10.1. The Labute approximate surface area is 103 Å². The maximum atomic E-state index is 6.07. The van der Waals surface area contributed by atoms with Crippen LogP contribution < -0.4 is 4.74 Å². The van der Waals surface area contributed by atoms with Crippen LogP contribution in [0.25, 0.3) is 10.9 Å². The maximum absolute atomic E-state index is 6.07. The third kappa shape index (κ3) is 1.99. The van der Waals surface area contributed by atoms with Crippen LogP contribution in [0, 0.1) is 0 Å². The fraction of sp³-hybridized carbons (Fsp3) is 0.0833. The van der Waals surface area contributed by atoms with Gasteiger partial charge in [0.2, 0.25) is 0 Å². The summed E-state index contributed by atoms with van der Waals surface area (Å²) in [7, 11) is 0. The van der Waals surface area contributed by atoms with Crippen LogP contribution in [0.4, 0.5) is 0 Å². The number of allylic oxidation sites excluding steroid dienone is 1. The lowest BCUT2D eigenvalue weighted by atomic mass is 10.2. The van der Waals surface area contributed by atoms with Gasteiger partial charge >= 0.3 is 0 Å². The molecular weight excluding hydrogens is 245 g/mol. The molecule has 0 fully saturated rings. The number of pyridine rings is 1. The van der Waals surface area contributed by atoms with E-state index in [9.17, 15) is 0 Å². The van der Waals surface area contributed by atoms with Crippen molar-refractivity contribution in [1.82, 2.24) is 4.98 Å². The van der Waals surface area contributed by atoms with Crippen molar-refractivity contribution in [2.45, 2.75) is 6.92 Å². The quantitative estimate of drug-likeness (QED) is 0.738. The van der Waals surface area contributed by atoms with Gasteiger partial charge in [0.05, 0.1) is 15.8 Å². The number of fused-ring (bicyclic) bond motifs is 1. The molecule has 0 spiro atoms. The molecule has 1 heterocycles. The number of nitrogens with zero attached hydrogens (tertiary/aromatic N) is 1. The predicted octanol–water partition coefficient (Wildman–Crippen LogP) is 4.45. The molecule has 0 saturated heterocycles. The highest BCUT2D eigenvalue weighted by molar-refractivity contribution is 6.39. The summed E-state index contributed by atoms with van der Waals surface area (Å²) in [6.45, 7) is 5.43. The lowest BCUT2D eigenvalue weighted by Crippen LogP contribution is -1.93. The molecule has 0 bridgehead atoms. The molecule has 2 nitrogen and oxygen atoms in total. The molecule has 1 aromatic heterocycles. The Bertz CT molecular complexity index is 566. The molecular formula is C12H9Cl2NO. The van der Waals surface area contributed by atoms with Gasteiger partial charge in [-0.1, -0.05) is 29.8 Å². The van der Waals surface area contributed by atoms with Crippen molar-refractivity contribution >= 4 is 34.1 Å². The van der Waals surface area contributed by atoms with Crippen molar-refractivity contribution in [2.75, 3.05) is 0 Å². The first-order valence-electron chi connectivity index (χ1n) is 4.65. The van der Waals surface area contributed by atoms with Crippen LogP contribution in [0.1, 0.15) is 6.92 Å². The number of hydrogen-bond donors (Lipinski definition) is 0. The minimum atomic E-state index is 0.430. The summed E-state index contributed by atoms with van der Waals surface area (Å²) in [5.74, 6) is 1.05. The molecule has 0 N–H and O–H groups in total. The topological polar surface area (TPSA) is 22.1 Å². The molecule has 0 aliphatic rings. The van der Waals surface area contributed by atoms with E-state index in [2.05, 4.69) is 11.6 Å². The average molecular weight is 254 g/mol. The Morgan fingerprint density at radius 3 is 2.81 bits per heavy atom. The van der Waals surface area contributed by atoms with Crippen LogP contribution in [0.5, 0.6) is 5.75 Å². The lowest BCUT2D eigenvalue weighted by Gasteiger charge is -2.10. The Kier molecular flexibility index (Phi) is 3.03. The van der Waals surface area contributed by atoms with Crippen molar-refractivity contribution in [1.29, 1.82) is 0 Å². The van der Waals surface area contributed by atoms with E-state index in [-0.39, 0.29) is 0 Å². The van der Waals surface area contributed by atoms with E-state index in [0.717, 1.165) is 5.39 Å². The van der Waals surface area contributed by atoms with Crippen molar-refractivity contribution in [2.24, 2.45) is 0 Å². The van der Waals surface area contributed by atoms with Crippen LogP contribution in [-0.2, 0) is 0 Å². The van der Waals surface area contributed by atoms with E-state index < -0.39 is 0 Å². The molecule has 2 rings (SSSR count). The summed E-state index contributed by atoms with van der Waals surface area (Å²) in [6, 6.07) is 5.32. The SMILES string of the molecule is C=C(C)Oc1c(Cl)cc(Cl)c2cccnc12. The third-order valence-corrected chi connectivity index (χ3v) is 2.62. The van der Waals surface area contributed by atoms with Crippen LogP contribution in [0.3, 0.4) is 0 Å². The van der Waals surface area contributed by atoms with Crippen molar-refractivity contribution < 1.29 is 4.74 Å². The molecule has 0 saturated carbocycles. The van der Waals surface area contributed by atoms with Gasteiger partial charge in [0.25, 0.3) is 0 Å². The number of aromatic nitrogens is 1. The fourth-order valence-electron chi connectivity index (χ4n) is 1.42. The Balaban J connectivity index is 2.76. The number of benzene rings is 1. The van der Waals surface area contributed by atoms with Gasteiger partial charge in [0, 0.05) is 11.6 Å². The van der Waals surface area contributed by atoms with Gasteiger partial charge in [0.15, 0.2) is 5.75 Å². The summed E-state index contributed by atoms with van der Waals surface area (Å²) in [4.78, 5) is 4.22. The Hall–Kier alpha value is -1.25. The second-order valence-corrected chi connectivity index (χ2v) is 4.19. The van der Waals surface area contributed by atoms with E-state index in [0.29, 0.717) is 27.1 Å². The summed E-state index contributed by atoms with van der Waals surface area (Å²) in [6.07, 6.45) is 1.67. The predicted molar refractivity (Wildman–Crippen MR) is 67.2 cm³/mol. The minimum Gasteiger partial charge on any atom is -0.459 e. The highest BCUT2D eigenvalue weighted by Gasteiger charge is 2.12. The second-order valence-electron chi connectivity index (χ2n) is 3.37. The maximum Gasteiger partial charge on any atom is 0.171 e. The van der Waals surface area contributed by atoms with Gasteiger partial charge in [-0.25, -0.2) is 0 Å². The van der Waals surface area contributed by atoms with Crippen molar-refractivity contribution in [3.63, 3.8) is 0 Å². The Morgan fingerprint density at radius 1 is 1.38 bits per heavy atom. The van der Waals surface area contributed by atoms with Crippen LogP contribution in [0.15, 0.2) is 36.7 Å². The van der Waals surface area contributed by atoms with Crippen LogP contribution >= 0.6 is 23.2 Å². The highest BCUT2D eigenvalue weighted by atomic mass is 35.5. The molecule has 0 aliphatic carbocycles. The van der Waals surface area contributed by atoms with E-state index >= 15 is 0 Å². The number of rotatable bonds is 2. The van der Waals surface area contributed by atoms with Gasteiger partial charge in [-0.15, -0.1) is 0 Å². The first kappa shape index (κ1) is 11.2. The zero-order chi connectivity index (χ0) is 11.7. The molecule has 0 radical (unpaired) electrons. The average Bonchev–Trinajstić information content (AvgIpc) is 2.24. The zero-order valence-electron chi connectivity index (χ0n) is 8.63.